The third-order valence-corrected chi connectivity index (χ3v) is 1.62. The maximum atomic E-state index is 12.6. The molecule has 3 heteroatoms. The maximum absolute atomic E-state index is 12.6. The van der Waals surface area contributed by atoms with Crippen molar-refractivity contribution in [1.29, 1.82) is 0 Å². The zero-order chi connectivity index (χ0) is 9.14. The van der Waals surface area contributed by atoms with Crippen molar-refractivity contribution in [3.8, 4) is 0 Å². The van der Waals surface area contributed by atoms with Gasteiger partial charge in [0.2, 0.25) is 0 Å². The maximum Gasteiger partial charge on any atom is 0.141 e. The van der Waals surface area contributed by atoms with E-state index >= 15 is 0 Å². The smallest absolute Gasteiger partial charge is 0.141 e. The van der Waals surface area contributed by atoms with Gasteiger partial charge in [-0.3, -0.25) is 4.98 Å². The molecule has 0 saturated heterocycles. The van der Waals surface area contributed by atoms with E-state index in [4.69, 9.17) is 5.73 Å². The molecule has 64 valence electrons. The molecule has 0 aliphatic heterocycles. The molecule has 0 aliphatic carbocycles. The number of hydrogen-bond acceptors (Lipinski definition) is 2. The summed E-state index contributed by atoms with van der Waals surface area (Å²) in [5, 5.41) is 0. The molecule has 2 nitrogen and oxygen atoms in total. The predicted molar refractivity (Wildman–Crippen MR) is 45.9 cm³/mol. The molecule has 0 aromatic carbocycles. The van der Waals surface area contributed by atoms with Gasteiger partial charge in [0.25, 0.3) is 0 Å². The molecule has 12 heavy (non-hydrogen) atoms. The minimum absolute atomic E-state index is 0.326. The Hall–Kier alpha value is -1.22. The van der Waals surface area contributed by atoms with E-state index < -0.39 is 0 Å². The molecule has 1 aromatic rings. The zero-order valence-electron chi connectivity index (χ0n) is 6.92. The lowest BCUT2D eigenvalue weighted by Gasteiger charge is -2.10. The van der Waals surface area contributed by atoms with E-state index in [1.807, 2.05) is 0 Å². The standard InChI is InChI=1S/C9H11FN2/c1-6(2)9(11)7-3-8(10)5-12-4-7/h3-5,9H,1,11H2,2H3. The summed E-state index contributed by atoms with van der Waals surface area (Å²) < 4.78 is 12.6. The van der Waals surface area contributed by atoms with Crippen molar-refractivity contribution >= 4 is 0 Å². The molecule has 0 bridgehead atoms. The zero-order valence-corrected chi connectivity index (χ0v) is 6.92. The second kappa shape index (κ2) is 3.45. The Morgan fingerprint density at radius 2 is 2.33 bits per heavy atom. The molecule has 1 aromatic heterocycles. The van der Waals surface area contributed by atoms with Crippen LogP contribution < -0.4 is 5.73 Å². The Labute approximate surface area is 70.9 Å². The Morgan fingerprint density at radius 3 is 2.83 bits per heavy atom. The highest BCUT2D eigenvalue weighted by molar-refractivity contribution is 5.22. The van der Waals surface area contributed by atoms with Gasteiger partial charge in [-0.2, -0.15) is 0 Å². The lowest BCUT2D eigenvalue weighted by atomic mass is 10.0. The van der Waals surface area contributed by atoms with Crippen molar-refractivity contribution in [2.75, 3.05) is 0 Å². The van der Waals surface area contributed by atoms with Crippen molar-refractivity contribution < 1.29 is 4.39 Å². The normalized spacial score (nSPS) is 12.6. The van der Waals surface area contributed by atoms with Crippen molar-refractivity contribution in [2.45, 2.75) is 13.0 Å². The lowest BCUT2D eigenvalue weighted by molar-refractivity contribution is 0.616. The SMILES string of the molecule is C=C(C)C(N)c1cncc(F)c1. The Morgan fingerprint density at radius 1 is 1.67 bits per heavy atom. The summed E-state index contributed by atoms with van der Waals surface area (Å²) in [6.45, 7) is 5.49. The fourth-order valence-electron chi connectivity index (χ4n) is 0.883. The van der Waals surface area contributed by atoms with Gasteiger partial charge in [-0.15, -0.1) is 0 Å². The first-order chi connectivity index (χ1) is 5.61. The topological polar surface area (TPSA) is 38.9 Å². The predicted octanol–water partition coefficient (Wildman–Crippen LogP) is 1.80. The number of nitrogens with zero attached hydrogens (tertiary/aromatic N) is 1. The minimum atomic E-state index is -0.371. The van der Waals surface area contributed by atoms with Crippen LogP contribution >= 0.6 is 0 Å². The summed E-state index contributed by atoms with van der Waals surface area (Å²) in [5.74, 6) is -0.371. The minimum Gasteiger partial charge on any atom is -0.321 e. The van der Waals surface area contributed by atoms with Crippen LogP contribution in [0.4, 0.5) is 4.39 Å². The fourth-order valence-corrected chi connectivity index (χ4v) is 0.883. The van der Waals surface area contributed by atoms with E-state index in [0.29, 0.717) is 5.56 Å². The molecule has 1 atom stereocenters. The molecule has 0 spiro atoms. The van der Waals surface area contributed by atoms with Crippen LogP contribution in [0, 0.1) is 5.82 Å². The second-order valence-electron chi connectivity index (χ2n) is 2.76. The molecule has 0 saturated carbocycles. The highest BCUT2D eigenvalue weighted by Crippen LogP contribution is 2.16. The monoisotopic (exact) mass is 166 g/mol. The Kier molecular flexibility index (Phi) is 2.55. The summed E-state index contributed by atoms with van der Waals surface area (Å²) in [4.78, 5) is 3.69. The second-order valence-corrected chi connectivity index (χ2v) is 2.76. The highest BCUT2D eigenvalue weighted by Gasteiger charge is 2.06. The summed E-state index contributed by atoms with van der Waals surface area (Å²) >= 11 is 0. The van der Waals surface area contributed by atoms with Gasteiger partial charge in [0.1, 0.15) is 5.82 Å². The number of rotatable bonds is 2. The molecule has 1 heterocycles. The highest BCUT2D eigenvalue weighted by atomic mass is 19.1. The first-order valence-electron chi connectivity index (χ1n) is 3.62. The molecule has 0 fully saturated rings. The summed E-state index contributed by atoms with van der Waals surface area (Å²) in [7, 11) is 0. The first kappa shape index (κ1) is 8.87. The van der Waals surface area contributed by atoms with Crippen molar-refractivity contribution in [2.24, 2.45) is 5.73 Å². The van der Waals surface area contributed by atoms with Gasteiger partial charge in [-0.1, -0.05) is 12.2 Å². The molecule has 2 N–H and O–H groups in total. The molecular weight excluding hydrogens is 155 g/mol. The van der Waals surface area contributed by atoms with E-state index in [9.17, 15) is 4.39 Å². The van der Waals surface area contributed by atoms with E-state index in [-0.39, 0.29) is 11.9 Å². The van der Waals surface area contributed by atoms with Crippen LogP contribution in [0.25, 0.3) is 0 Å². The fraction of sp³-hybridized carbons (Fsp3) is 0.222. The molecule has 0 radical (unpaired) electrons. The van der Waals surface area contributed by atoms with Crippen LogP contribution in [0.2, 0.25) is 0 Å². The molecule has 0 aliphatic rings. The average Bonchev–Trinajstić information content (AvgIpc) is 2.03. The number of nitrogens with two attached hydrogens (primary N) is 1. The average molecular weight is 166 g/mol. The Balaban J connectivity index is 2.95. The molecule has 1 unspecified atom stereocenters. The summed E-state index contributed by atoms with van der Waals surface area (Å²) in [6.07, 6.45) is 2.69. The molecule has 1 rings (SSSR count). The quantitative estimate of drug-likeness (QED) is 0.680. The van der Waals surface area contributed by atoms with Crippen LogP contribution in [0.3, 0.4) is 0 Å². The number of aromatic nitrogens is 1. The van der Waals surface area contributed by atoms with Crippen molar-refractivity contribution in [3.63, 3.8) is 0 Å². The first-order valence-corrected chi connectivity index (χ1v) is 3.62. The van der Waals surface area contributed by atoms with Crippen LogP contribution in [-0.2, 0) is 0 Å². The number of halogens is 1. The lowest BCUT2D eigenvalue weighted by Crippen LogP contribution is -2.11. The Bertz CT molecular complexity index is 296. The van der Waals surface area contributed by atoms with Gasteiger partial charge in [-0.25, -0.2) is 4.39 Å². The molecule has 0 amide bonds. The third-order valence-electron chi connectivity index (χ3n) is 1.62. The van der Waals surface area contributed by atoms with Gasteiger partial charge >= 0.3 is 0 Å². The van der Waals surface area contributed by atoms with Crippen LogP contribution in [0.1, 0.15) is 18.5 Å². The van der Waals surface area contributed by atoms with Gasteiger partial charge in [0.15, 0.2) is 0 Å². The van der Waals surface area contributed by atoms with E-state index in [0.717, 1.165) is 11.8 Å². The van der Waals surface area contributed by atoms with Gasteiger partial charge in [0, 0.05) is 6.20 Å². The van der Waals surface area contributed by atoms with E-state index in [2.05, 4.69) is 11.6 Å². The van der Waals surface area contributed by atoms with Crippen molar-refractivity contribution in [3.05, 3.63) is 42.0 Å². The van der Waals surface area contributed by atoms with Crippen LogP contribution in [-0.4, -0.2) is 4.98 Å². The van der Waals surface area contributed by atoms with Gasteiger partial charge in [0.05, 0.1) is 12.2 Å². The van der Waals surface area contributed by atoms with Crippen LogP contribution in [0.5, 0.6) is 0 Å². The third kappa shape index (κ3) is 1.89. The van der Waals surface area contributed by atoms with Crippen molar-refractivity contribution in [1.82, 2.24) is 4.98 Å². The van der Waals surface area contributed by atoms with Gasteiger partial charge in [-0.05, 0) is 18.6 Å². The number of hydrogen-bond donors (Lipinski definition) is 1. The summed E-state index contributed by atoms with van der Waals surface area (Å²) in [5.41, 5.74) is 7.15. The van der Waals surface area contributed by atoms with Gasteiger partial charge < -0.3 is 5.73 Å². The van der Waals surface area contributed by atoms with Crippen LogP contribution in [0.15, 0.2) is 30.6 Å². The van der Waals surface area contributed by atoms with E-state index in [1.165, 1.54) is 6.07 Å². The summed E-state index contributed by atoms with van der Waals surface area (Å²) in [6, 6.07) is 1.04. The molecular formula is C9H11FN2. The largest absolute Gasteiger partial charge is 0.321 e. The number of pyridine rings is 1. The van der Waals surface area contributed by atoms with E-state index in [1.54, 1.807) is 13.1 Å².